The number of hydrogen-bond donors (Lipinski definition) is 2. The molecule has 0 unspecified atom stereocenters. The van der Waals surface area contributed by atoms with Gasteiger partial charge in [0.25, 0.3) is 0 Å². The molecule has 0 atom stereocenters. The standard InChI is InChI=1S/C17H23N3OS/c1-3-21-13-15-8-5-4-7-14(15)11-19-17(18-2)20-12-16-9-6-10-22-16/h4-10H,3,11-13H2,1-2H3,(H2,18,19,20). The molecule has 0 spiro atoms. The number of nitrogens with zero attached hydrogens (tertiary/aromatic N) is 1. The van der Waals surface area contributed by atoms with Crippen molar-refractivity contribution in [2.45, 2.75) is 26.6 Å². The van der Waals surface area contributed by atoms with Gasteiger partial charge in [-0.1, -0.05) is 30.3 Å². The molecule has 0 aliphatic heterocycles. The quantitative estimate of drug-likeness (QED) is 0.609. The van der Waals surface area contributed by atoms with Crippen molar-refractivity contribution < 1.29 is 4.74 Å². The van der Waals surface area contributed by atoms with Crippen LogP contribution in [0.15, 0.2) is 46.8 Å². The molecule has 4 nitrogen and oxygen atoms in total. The molecule has 0 aliphatic carbocycles. The summed E-state index contributed by atoms with van der Waals surface area (Å²) in [6.07, 6.45) is 0. The third kappa shape index (κ3) is 5.16. The van der Waals surface area contributed by atoms with Crippen LogP contribution in [-0.4, -0.2) is 19.6 Å². The fraction of sp³-hybridized carbons (Fsp3) is 0.353. The molecule has 2 aromatic rings. The molecule has 0 saturated carbocycles. The Balaban J connectivity index is 1.87. The number of aliphatic imine (C=N–C) groups is 1. The fourth-order valence-corrected chi connectivity index (χ4v) is 2.71. The van der Waals surface area contributed by atoms with Gasteiger partial charge in [0, 0.05) is 25.1 Å². The van der Waals surface area contributed by atoms with Crippen molar-refractivity contribution in [3.63, 3.8) is 0 Å². The zero-order valence-corrected chi connectivity index (χ0v) is 14.0. The summed E-state index contributed by atoms with van der Waals surface area (Å²) in [7, 11) is 1.79. The van der Waals surface area contributed by atoms with Gasteiger partial charge in [0.2, 0.25) is 0 Å². The Kier molecular flexibility index (Phi) is 6.93. The van der Waals surface area contributed by atoms with Gasteiger partial charge in [0.15, 0.2) is 5.96 Å². The molecular formula is C17H23N3OS. The highest BCUT2D eigenvalue weighted by molar-refractivity contribution is 7.09. The zero-order valence-electron chi connectivity index (χ0n) is 13.1. The van der Waals surface area contributed by atoms with Gasteiger partial charge >= 0.3 is 0 Å². The number of rotatable bonds is 7. The van der Waals surface area contributed by atoms with Gasteiger partial charge in [-0.05, 0) is 29.5 Å². The van der Waals surface area contributed by atoms with Crippen molar-refractivity contribution in [3.8, 4) is 0 Å². The molecule has 0 fully saturated rings. The van der Waals surface area contributed by atoms with E-state index in [1.807, 2.05) is 19.1 Å². The Morgan fingerprint density at radius 3 is 2.55 bits per heavy atom. The van der Waals surface area contributed by atoms with Gasteiger partial charge in [-0.2, -0.15) is 0 Å². The first-order valence-electron chi connectivity index (χ1n) is 7.45. The second-order valence-electron chi connectivity index (χ2n) is 4.76. The molecule has 1 aromatic heterocycles. The average Bonchev–Trinajstić information content (AvgIpc) is 3.07. The molecule has 5 heteroatoms. The van der Waals surface area contributed by atoms with E-state index in [4.69, 9.17) is 4.74 Å². The number of guanidine groups is 1. The monoisotopic (exact) mass is 317 g/mol. The Morgan fingerprint density at radius 1 is 1.09 bits per heavy atom. The summed E-state index contributed by atoms with van der Waals surface area (Å²) in [6.45, 7) is 4.91. The molecule has 2 N–H and O–H groups in total. The molecular weight excluding hydrogens is 294 g/mol. The summed E-state index contributed by atoms with van der Waals surface area (Å²) in [6, 6.07) is 12.5. The van der Waals surface area contributed by atoms with E-state index in [2.05, 4.69) is 45.3 Å². The van der Waals surface area contributed by atoms with Crippen molar-refractivity contribution in [1.82, 2.24) is 10.6 Å². The van der Waals surface area contributed by atoms with E-state index in [9.17, 15) is 0 Å². The van der Waals surface area contributed by atoms with Gasteiger partial charge in [0.05, 0.1) is 13.2 Å². The number of ether oxygens (including phenoxy) is 1. The minimum Gasteiger partial charge on any atom is -0.377 e. The molecule has 0 bridgehead atoms. The van der Waals surface area contributed by atoms with Crippen LogP contribution in [0.25, 0.3) is 0 Å². The van der Waals surface area contributed by atoms with E-state index in [0.717, 1.165) is 25.7 Å². The summed E-state index contributed by atoms with van der Waals surface area (Å²) < 4.78 is 5.52. The maximum Gasteiger partial charge on any atom is 0.191 e. The highest BCUT2D eigenvalue weighted by atomic mass is 32.1. The van der Waals surface area contributed by atoms with Crippen molar-refractivity contribution in [1.29, 1.82) is 0 Å². The van der Waals surface area contributed by atoms with Crippen LogP contribution in [0.4, 0.5) is 0 Å². The lowest BCUT2D eigenvalue weighted by molar-refractivity contribution is 0.133. The van der Waals surface area contributed by atoms with Crippen LogP contribution in [0.1, 0.15) is 22.9 Å². The molecule has 1 heterocycles. The van der Waals surface area contributed by atoms with Crippen LogP contribution in [0.5, 0.6) is 0 Å². The lowest BCUT2D eigenvalue weighted by Crippen LogP contribution is -2.36. The van der Waals surface area contributed by atoms with Crippen LogP contribution in [-0.2, 0) is 24.4 Å². The maximum atomic E-state index is 5.52. The normalized spacial score (nSPS) is 11.5. The second kappa shape index (κ2) is 9.23. The van der Waals surface area contributed by atoms with Gasteiger partial charge in [-0.3, -0.25) is 4.99 Å². The van der Waals surface area contributed by atoms with Crippen LogP contribution < -0.4 is 10.6 Å². The number of benzene rings is 1. The lowest BCUT2D eigenvalue weighted by Gasteiger charge is -2.14. The summed E-state index contributed by atoms with van der Waals surface area (Å²) in [4.78, 5) is 5.55. The third-order valence-electron chi connectivity index (χ3n) is 3.26. The van der Waals surface area contributed by atoms with E-state index in [1.54, 1.807) is 18.4 Å². The van der Waals surface area contributed by atoms with Crippen LogP contribution in [0, 0.1) is 0 Å². The number of nitrogens with one attached hydrogen (secondary N) is 2. The van der Waals surface area contributed by atoms with Crippen molar-refractivity contribution in [2.24, 2.45) is 4.99 Å². The Bertz CT molecular complexity index is 581. The minimum absolute atomic E-state index is 0.648. The Labute approximate surface area is 136 Å². The van der Waals surface area contributed by atoms with Crippen LogP contribution in [0.3, 0.4) is 0 Å². The smallest absolute Gasteiger partial charge is 0.191 e. The summed E-state index contributed by atoms with van der Waals surface area (Å²) in [5, 5.41) is 8.76. The molecule has 0 amide bonds. The summed E-state index contributed by atoms with van der Waals surface area (Å²) in [5.41, 5.74) is 2.44. The van der Waals surface area contributed by atoms with E-state index in [-0.39, 0.29) is 0 Å². The topological polar surface area (TPSA) is 45.6 Å². The first-order chi connectivity index (χ1) is 10.8. The molecule has 0 aliphatic rings. The van der Waals surface area contributed by atoms with Crippen molar-refractivity contribution in [3.05, 3.63) is 57.8 Å². The van der Waals surface area contributed by atoms with E-state index < -0.39 is 0 Å². The first-order valence-corrected chi connectivity index (χ1v) is 8.33. The first kappa shape index (κ1) is 16.5. The van der Waals surface area contributed by atoms with Gasteiger partial charge < -0.3 is 15.4 Å². The highest BCUT2D eigenvalue weighted by Gasteiger charge is 2.04. The molecule has 2 rings (SSSR count). The maximum absolute atomic E-state index is 5.52. The van der Waals surface area contributed by atoms with Crippen LogP contribution in [0.2, 0.25) is 0 Å². The lowest BCUT2D eigenvalue weighted by atomic mass is 10.1. The van der Waals surface area contributed by atoms with E-state index >= 15 is 0 Å². The van der Waals surface area contributed by atoms with E-state index in [0.29, 0.717) is 6.61 Å². The molecule has 1 aromatic carbocycles. The fourth-order valence-electron chi connectivity index (χ4n) is 2.07. The second-order valence-corrected chi connectivity index (χ2v) is 5.80. The molecule has 0 radical (unpaired) electrons. The number of thiophene rings is 1. The van der Waals surface area contributed by atoms with E-state index in [1.165, 1.54) is 16.0 Å². The SMILES string of the molecule is CCOCc1ccccc1CNC(=NC)NCc1cccs1. The van der Waals surface area contributed by atoms with Crippen molar-refractivity contribution >= 4 is 17.3 Å². The minimum atomic E-state index is 0.648. The largest absolute Gasteiger partial charge is 0.377 e. The average molecular weight is 317 g/mol. The molecule has 22 heavy (non-hydrogen) atoms. The zero-order chi connectivity index (χ0) is 15.6. The molecule has 0 saturated heterocycles. The third-order valence-corrected chi connectivity index (χ3v) is 4.14. The predicted octanol–water partition coefficient (Wildman–Crippen LogP) is 3.15. The van der Waals surface area contributed by atoms with Crippen molar-refractivity contribution in [2.75, 3.05) is 13.7 Å². The van der Waals surface area contributed by atoms with Crippen LogP contribution >= 0.6 is 11.3 Å². The van der Waals surface area contributed by atoms with Gasteiger partial charge in [0.1, 0.15) is 0 Å². The Morgan fingerprint density at radius 2 is 1.86 bits per heavy atom. The molecule has 118 valence electrons. The van der Waals surface area contributed by atoms with Gasteiger partial charge in [-0.15, -0.1) is 11.3 Å². The predicted molar refractivity (Wildman–Crippen MR) is 93.1 cm³/mol. The number of hydrogen-bond acceptors (Lipinski definition) is 3. The highest BCUT2D eigenvalue weighted by Crippen LogP contribution is 2.10. The summed E-state index contributed by atoms with van der Waals surface area (Å²) >= 11 is 1.74. The Hall–Kier alpha value is -1.85. The van der Waals surface area contributed by atoms with Gasteiger partial charge in [-0.25, -0.2) is 0 Å². The summed E-state index contributed by atoms with van der Waals surface area (Å²) in [5.74, 6) is 0.805.